The number of carbonyl (C=O) groups is 2. The van der Waals surface area contributed by atoms with Gasteiger partial charge < -0.3 is 14.6 Å². The number of amides is 2. The molecule has 1 aromatic heterocycles. The molecule has 1 fully saturated rings. The molecule has 1 aliphatic rings. The van der Waals surface area contributed by atoms with Crippen LogP contribution in [0.3, 0.4) is 0 Å². The zero-order valence-corrected chi connectivity index (χ0v) is 18.9. The summed E-state index contributed by atoms with van der Waals surface area (Å²) in [5.41, 5.74) is 3.11. The second-order valence-electron chi connectivity index (χ2n) is 8.29. The molecule has 3 aromatic rings. The molecule has 0 radical (unpaired) electrons. The summed E-state index contributed by atoms with van der Waals surface area (Å²) in [5, 5.41) is 11.1. The van der Waals surface area contributed by atoms with Gasteiger partial charge in [0.25, 0.3) is 0 Å². The maximum atomic E-state index is 12.6. The van der Waals surface area contributed by atoms with Crippen molar-refractivity contribution in [3.8, 4) is 11.5 Å². The topological polar surface area (TPSA) is 91.6 Å². The van der Waals surface area contributed by atoms with E-state index in [9.17, 15) is 9.59 Å². The van der Waals surface area contributed by atoms with Gasteiger partial charge in [-0.2, -0.15) is 0 Å². The Morgan fingerprint density at radius 3 is 2.42 bits per heavy atom. The predicted octanol–water partition coefficient (Wildman–Crippen LogP) is 2.44. The van der Waals surface area contributed by atoms with Crippen LogP contribution in [-0.4, -0.2) is 64.5 Å². The van der Waals surface area contributed by atoms with E-state index in [4.69, 9.17) is 4.42 Å². The lowest BCUT2D eigenvalue weighted by atomic mass is 10.1. The van der Waals surface area contributed by atoms with Gasteiger partial charge in [-0.3, -0.25) is 14.5 Å². The van der Waals surface area contributed by atoms with Gasteiger partial charge in [-0.05, 0) is 24.6 Å². The zero-order valence-electron chi connectivity index (χ0n) is 18.9. The summed E-state index contributed by atoms with van der Waals surface area (Å²) < 4.78 is 5.72. The van der Waals surface area contributed by atoms with E-state index in [2.05, 4.69) is 20.4 Å². The van der Waals surface area contributed by atoms with Crippen molar-refractivity contribution in [2.45, 2.75) is 26.3 Å². The maximum Gasteiger partial charge on any atom is 0.247 e. The Morgan fingerprint density at radius 2 is 1.70 bits per heavy atom. The molecule has 0 saturated carbocycles. The quantitative estimate of drug-likeness (QED) is 0.570. The molecule has 0 atom stereocenters. The summed E-state index contributed by atoms with van der Waals surface area (Å²) in [5.74, 6) is 1.00. The first kappa shape index (κ1) is 22.7. The number of hydrogen-bond acceptors (Lipinski definition) is 6. The van der Waals surface area contributed by atoms with E-state index < -0.39 is 0 Å². The Balaban J connectivity index is 1.17. The Bertz CT molecular complexity index is 1060. The number of benzene rings is 2. The van der Waals surface area contributed by atoms with Crippen molar-refractivity contribution in [2.75, 3.05) is 32.7 Å². The first-order chi connectivity index (χ1) is 16.1. The van der Waals surface area contributed by atoms with E-state index in [-0.39, 0.29) is 11.8 Å². The highest BCUT2D eigenvalue weighted by Gasteiger charge is 2.22. The van der Waals surface area contributed by atoms with Gasteiger partial charge in [0.1, 0.15) is 0 Å². The van der Waals surface area contributed by atoms with Crippen LogP contribution in [0.5, 0.6) is 0 Å². The molecule has 8 nitrogen and oxygen atoms in total. The summed E-state index contributed by atoms with van der Waals surface area (Å²) in [6.45, 7) is 5.49. The fourth-order valence-electron chi connectivity index (χ4n) is 3.75. The van der Waals surface area contributed by atoms with E-state index in [0.29, 0.717) is 63.9 Å². The summed E-state index contributed by atoms with van der Waals surface area (Å²) in [6, 6.07) is 17.7. The van der Waals surface area contributed by atoms with Crippen molar-refractivity contribution in [3.05, 3.63) is 71.6 Å². The molecule has 2 heterocycles. The van der Waals surface area contributed by atoms with E-state index >= 15 is 0 Å². The molecule has 1 N–H and O–H groups in total. The van der Waals surface area contributed by atoms with Crippen molar-refractivity contribution in [2.24, 2.45) is 0 Å². The minimum atomic E-state index is -0.000552. The van der Waals surface area contributed by atoms with Crippen LogP contribution in [0, 0.1) is 6.92 Å². The molecule has 1 saturated heterocycles. The zero-order chi connectivity index (χ0) is 23.0. The van der Waals surface area contributed by atoms with Gasteiger partial charge >= 0.3 is 0 Å². The van der Waals surface area contributed by atoms with Gasteiger partial charge in [0.05, 0.1) is 6.54 Å². The Kier molecular flexibility index (Phi) is 7.47. The van der Waals surface area contributed by atoms with Crippen LogP contribution >= 0.6 is 0 Å². The second kappa shape index (κ2) is 10.9. The number of aromatic nitrogens is 2. The third-order valence-corrected chi connectivity index (χ3v) is 5.74. The average Bonchev–Trinajstić information content (AvgIpc) is 3.32. The van der Waals surface area contributed by atoms with Crippen LogP contribution in [0.1, 0.15) is 23.4 Å². The van der Waals surface area contributed by atoms with Crippen LogP contribution in [0.15, 0.2) is 59.0 Å². The van der Waals surface area contributed by atoms with Crippen molar-refractivity contribution in [3.63, 3.8) is 0 Å². The molecule has 172 valence electrons. The van der Waals surface area contributed by atoms with Crippen LogP contribution in [-0.2, 0) is 22.6 Å². The smallest absolute Gasteiger partial charge is 0.247 e. The SMILES string of the molecule is Cc1ccc(-c2nnc(CCC(=O)N3CCN(CC(=O)NCc4ccccc4)CC3)o2)cc1. The monoisotopic (exact) mass is 447 g/mol. The van der Waals surface area contributed by atoms with Crippen molar-refractivity contribution < 1.29 is 14.0 Å². The summed E-state index contributed by atoms with van der Waals surface area (Å²) in [6.07, 6.45) is 0.743. The first-order valence-electron chi connectivity index (χ1n) is 11.3. The molecule has 4 rings (SSSR count). The minimum Gasteiger partial charge on any atom is -0.421 e. The lowest BCUT2D eigenvalue weighted by Crippen LogP contribution is -2.51. The highest BCUT2D eigenvalue weighted by molar-refractivity contribution is 5.78. The van der Waals surface area contributed by atoms with E-state index in [0.717, 1.165) is 16.7 Å². The lowest BCUT2D eigenvalue weighted by Gasteiger charge is -2.34. The van der Waals surface area contributed by atoms with Crippen LogP contribution in [0.4, 0.5) is 0 Å². The summed E-state index contributed by atoms with van der Waals surface area (Å²) in [4.78, 5) is 28.8. The number of nitrogens with zero attached hydrogens (tertiary/aromatic N) is 4. The number of rotatable bonds is 8. The number of carbonyl (C=O) groups excluding carboxylic acids is 2. The molecule has 2 amide bonds. The molecular weight excluding hydrogens is 418 g/mol. The number of piperazine rings is 1. The Labute approximate surface area is 193 Å². The van der Waals surface area contributed by atoms with Gasteiger partial charge in [0.15, 0.2) is 0 Å². The standard InChI is InChI=1S/C25H29N5O3/c1-19-7-9-21(10-8-19)25-28-27-23(33-25)11-12-24(32)30-15-13-29(14-16-30)18-22(31)26-17-20-5-3-2-4-6-20/h2-10H,11-18H2,1H3,(H,26,31). The van der Waals surface area contributed by atoms with E-state index in [1.807, 2.05) is 66.4 Å². The molecule has 0 spiro atoms. The molecule has 0 bridgehead atoms. The highest BCUT2D eigenvalue weighted by Crippen LogP contribution is 2.19. The van der Waals surface area contributed by atoms with Crippen molar-refractivity contribution >= 4 is 11.8 Å². The molecule has 33 heavy (non-hydrogen) atoms. The van der Waals surface area contributed by atoms with Crippen LogP contribution in [0.25, 0.3) is 11.5 Å². The molecule has 0 unspecified atom stereocenters. The largest absolute Gasteiger partial charge is 0.421 e. The Hall–Kier alpha value is -3.52. The Morgan fingerprint density at radius 1 is 0.970 bits per heavy atom. The fourth-order valence-corrected chi connectivity index (χ4v) is 3.75. The van der Waals surface area contributed by atoms with E-state index in [1.165, 1.54) is 0 Å². The van der Waals surface area contributed by atoms with Gasteiger partial charge in [-0.15, -0.1) is 10.2 Å². The van der Waals surface area contributed by atoms with Crippen LogP contribution in [0.2, 0.25) is 0 Å². The van der Waals surface area contributed by atoms with Gasteiger partial charge in [-0.25, -0.2) is 0 Å². The number of hydrogen-bond donors (Lipinski definition) is 1. The normalized spacial score (nSPS) is 14.3. The maximum absolute atomic E-state index is 12.6. The summed E-state index contributed by atoms with van der Waals surface area (Å²) in [7, 11) is 0. The van der Waals surface area contributed by atoms with E-state index in [1.54, 1.807) is 0 Å². The third-order valence-electron chi connectivity index (χ3n) is 5.74. The number of aryl methyl sites for hydroxylation is 2. The van der Waals surface area contributed by atoms with Crippen molar-refractivity contribution in [1.29, 1.82) is 0 Å². The summed E-state index contributed by atoms with van der Waals surface area (Å²) >= 11 is 0. The second-order valence-corrected chi connectivity index (χ2v) is 8.29. The fraction of sp³-hybridized carbons (Fsp3) is 0.360. The predicted molar refractivity (Wildman–Crippen MR) is 124 cm³/mol. The molecular formula is C25H29N5O3. The van der Waals surface area contributed by atoms with Crippen molar-refractivity contribution in [1.82, 2.24) is 25.3 Å². The molecule has 2 aromatic carbocycles. The lowest BCUT2D eigenvalue weighted by molar-refractivity contribution is -0.133. The molecule has 8 heteroatoms. The van der Waals surface area contributed by atoms with Gasteiger partial charge in [0.2, 0.25) is 23.6 Å². The average molecular weight is 448 g/mol. The van der Waals surface area contributed by atoms with Gasteiger partial charge in [-0.1, -0.05) is 48.0 Å². The molecule has 0 aliphatic carbocycles. The number of nitrogens with one attached hydrogen (secondary N) is 1. The highest BCUT2D eigenvalue weighted by atomic mass is 16.4. The third kappa shape index (κ3) is 6.49. The molecule has 1 aliphatic heterocycles. The van der Waals surface area contributed by atoms with Gasteiger partial charge in [0, 0.05) is 51.1 Å². The minimum absolute atomic E-state index is 0.000552. The first-order valence-corrected chi connectivity index (χ1v) is 11.3. The van der Waals surface area contributed by atoms with Crippen LogP contribution < -0.4 is 5.32 Å².